The number of likely N-dealkylation sites (tertiary alicyclic amines) is 1. The fourth-order valence-electron chi connectivity index (χ4n) is 3.83. The Kier molecular flexibility index (Phi) is 7.18. The third-order valence-corrected chi connectivity index (χ3v) is 5.44. The molecule has 0 radical (unpaired) electrons. The maximum atomic E-state index is 9.78. The highest BCUT2D eigenvalue weighted by Crippen LogP contribution is 2.26. The molecule has 3 rings (SSSR count). The smallest absolute Gasteiger partial charge is 0.122 e. The Morgan fingerprint density at radius 3 is 2.39 bits per heavy atom. The van der Waals surface area contributed by atoms with Crippen molar-refractivity contribution in [3.05, 3.63) is 53.6 Å². The Bertz CT molecular complexity index is 742. The zero-order valence-corrected chi connectivity index (χ0v) is 17.1. The molecule has 1 aliphatic rings. The van der Waals surface area contributed by atoms with Crippen LogP contribution >= 0.6 is 0 Å². The van der Waals surface area contributed by atoms with Crippen LogP contribution in [-0.4, -0.2) is 56.6 Å². The lowest BCUT2D eigenvalue weighted by atomic mass is 10.0. The van der Waals surface area contributed by atoms with Gasteiger partial charge in [0.15, 0.2) is 0 Å². The molecule has 28 heavy (non-hydrogen) atoms. The lowest BCUT2D eigenvalue weighted by Crippen LogP contribution is -2.26. The number of para-hydroxylation sites is 1. The van der Waals surface area contributed by atoms with Crippen LogP contribution in [0.5, 0.6) is 17.2 Å². The average Bonchev–Trinajstić information content (AvgIpc) is 3.03. The molecule has 5 heteroatoms. The average molecular weight is 386 g/mol. The number of hydrogen-bond donors (Lipinski definition) is 1. The van der Waals surface area contributed by atoms with Crippen LogP contribution < -0.4 is 14.2 Å². The lowest BCUT2D eigenvalue weighted by molar-refractivity contribution is 0.182. The Morgan fingerprint density at radius 1 is 1.04 bits per heavy atom. The van der Waals surface area contributed by atoms with Gasteiger partial charge in [-0.3, -0.25) is 0 Å². The standard InChI is InChI=1S/C23H31NO4/c1-24-16-20(25)14-19(24)10-11-28-23-7-5-4-6-18(23)9-8-17-12-21(26-2)15-22(13-17)27-3/h4-7,12-13,15,19-20,25H,8-11,14,16H2,1-3H3. The highest BCUT2D eigenvalue weighted by atomic mass is 16.5. The van der Waals surface area contributed by atoms with Crippen molar-refractivity contribution in [3.63, 3.8) is 0 Å². The molecule has 2 aromatic carbocycles. The Hall–Kier alpha value is -2.24. The molecule has 1 N–H and O–H groups in total. The molecule has 0 aliphatic carbocycles. The van der Waals surface area contributed by atoms with E-state index in [-0.39, 0.29) is 6.10 Å². The van der Waals surface area contributed by atoms with Gasteiger partial charge in [-0.1, -0.05) is 18.2 Å². The number of hydrogen-bond acceptors (Lipinski definition) is 5. The summed E-state index contributed by atoms with van der Waals surface area (Å²) in [7, 11) is 5.40. The number of aryl methyl sites for hydroxylation is 2. The summed E-state index contributed by atoms with van der Waals surface area (Å²) in [5.74, 6) is 2.56. The molecule has 2 unspecified atom stereocenters. The van der Waals surface area contributed by atoms with E-state index in [0.29, 0.717) is 12.6 Å². The summed E-state index contributed by atoms with van der Waals surface area (Å²) in [6.07, 6.45) is 3.32. The molecule has 2 atom stereocenters. The second kappa shape index (κ2) is 9.80. The van der Waals surface area contributed by atoms with E-state index >= 15 is 0 Å². The second-order valence-electron chi connectivity index (χ2n) is 7.45. The summed E-state index contributed by atoms with van der Waals surface area (Å²) in [4.78, 5) is 2.22. The number of nitrogens with zero attached hydrogens (tertiary/aromatic N) is 1. The number of aliphatic hydroxyl groups is 1. The van der Waals surface area contributed by atoms with Crippen molar-refractivity contribution >= 4 is 0 Å². The Labute approximate surface area is 167 Å². The van der Waals surface area contributed by atoms with Gasteiger partial charge in [0, 0.05) is 18.7 Å². The predicted molar refractivity (Wildman–Crippen MR) is 111 cm³/mol. The predicted octanol–water partition coefficient (Wildman–Crippen LogP) is 3.32. The second-order valence-corrected chi connectivity index (χ2v) is 7.45. The third-order valence-electron chi connectivity index (χ3n) is 5.44. The minimum atomic E-state index is -0.206. The molecular weight excluding hydrogens is 354 g/mol. The molecule has 5 nitrogen and oxygen atoms in total. The van der Waals surface area contributed by atoms with Gasteiger partial charge in [0.25, 0.3) is 0 Å². The summed E-state index contributed by atoms with van der Waals surface area (Å²) in [6.45, 7) is 1.41. The monoisotopic (exact) mass is 385 g/mol. The van der Waals surface area contributed by atoms with Crippen molar-refractivity contribution in [2.75, 3.05) is 34.4 Å². The minimum Gasteiger partial charge on any atom is -0.497 e. The van der Waals surface area contributed by atoms with E-state index in [1.54, 1.807) is 14.2 Å². The Balaban J connectivity index is 1.58. The number of benzene rings is 2. The first-order chi connectivity index (χ1) is 13.6. The van der Waals surface area contributed by atoms with E-state index in [9.17, 15) is 5.11 Å². The van der Waals surface area contributed by atoms with Crippen LogP contribution in [0.2, 0.25) is 0 Å². The van der Waals surface area contributed by atoms with Gasteiger partial charge in [0.1, 0.15) is 17.2 Å². The highest BCUT2D eigenvalue weighted by molar-refractivity contribution is 5.40. The fraction of sp³-hybridized carbons (Fsp3) is 0.478. The molecule has 1 heterocycles. The molecule has 152 valence electrons. The molecule has 0 bridgehead atoms. The van der Waals surface area contributed by atoms with Crippen LogP contribution in [0.3, 0.4) is 0 Å². The lowest BCUT2D eigenvalue weighted by Gasteiger charge is -2.19. The largest absolute Gasteiger partial charge is 0.497 e. The number of rotatable bonds is 9. The first-order valence-electron chi connectivity index (χ1n) is 9.90. The van der Waals surface area contributed by atoms with E-state index < -0.39 is 0 Å². The molecule has 0 spiro atoms. The van der Waals surface area contributed by atoms with Crippen LogP contribution in [0, 0.1) is 0 Å². The van der Waals surface area contributed by atoms with Crippen LogP contribution in [0.15, 0.2) is 42.5 Å². The number of β-amino-alcohol motifs (C(OH)–C–C–N with tert-alkyl or cyclic N) is 1. The molecule has 1 saturated heterocycles. The summed E-state index contributed by atoms with van der Waals surface area (Å²) in [5.41, 5.74) is 2.37. The first kappa shape index (κ1) is 20.5. The van der Waals surface area contributed by atoms with E-state index in [1.807, 2.05) is 30.3 Å². The van der Waals surface area contributed by atoms with Gasteiger partial charge in [-0.15, -0.1) is 0 Å². The zero-order valence-electron chi connectivity index (χ0n) is 17.1. The van der Waals surface area contributed by atoms with Gasteiger partial charge in [-0.25, -0.2) is 0 Å². The number of likely N-dealkylation sites (N-methyl/N-ethyl adjacent to an activating group) is 1. The normalized spacial score (nSPS) is 19.6. The van der Waals surface area contributed by atoms with Crippen molar-refractivity contribution in [2.24, 2.45) is 0 Å². The van der Waals surface area contributed by atoms with Gasteiger partial charge in [0.2, 0.25) is 0 Å². The van der Waals surface area contributed by atoms with Crippen LogP contribution in [-0.2, 0) is 12.8 Å². The number of methoxy groups -OCH3 is 2. The minimum absolute atomic E-state index is 0.206. The first-order valence-corrected chi connectivity index (χ1v) is 9.90. The molecule has 2 aromatic rings. The van der Waals surface area contributed by atoms with Crippen molar-refractivity contribution in [1.82, 2.24) is 4.90 Å². The summed E-state index contributed by atoms with van der Waals surface area (Å²) in [6, 6.07) is 14.6. The molecule has 0 aromatic heterocycles. The molecular formula is C23H31NO4. The topological polar surface area (TPSA) is 51.2 Å². The van der Waals surface area contributed by atoms with Crippen molar-refractivity contribution in [3.8, 4) is 17.2 Å². The maximum absolute atomic E-state index is 9.78. The van der Waals surface area contributed by atoms with Gasteiger partial charge >= 0.3 is 0 Å². The van der Waals surface area contributed by atoms with Gasteiger partial charge in [0.05, 0.1) is 26.9 Å². The van der Waals surface area contributed by atoms with Gasteiger partial charge < -0.3 is 24.2 Å². The third kappa shape index (κ3) is 5.40. The van der Waals surface area contributed by atoms with Crippen LogP contribution in [0.1, 0.15) is 24.0 Å². The van der Waals surface area contributed by atoms with Gasteiger partial charge in [-0.05, 0) is 62.1 Å². The van der Waals surface area contributed by atoms with Crippen molar-refractivity contribution in [2.45, 2.75) is 37.8 Å². The van der Waals surface area contributed by atoms with Crippen LogP contribution in [0.25, 0.3) is 0 Å². The summed E-state index contributed by atoms with van der Waals surface area (Å²) in [5, 5.41) is 9.78. The van der Waals surface area contributed by atoms with E-state index in [1.165, 1.54) is 11.1 Å². The molecule has 1 fully saturated rings. The van der Waals surface area contributed by atoms with E-state index in [2.05, 4.69) is 24.1 Å². The van der Waals surface area contributed by atoms with Gasteiger partial charge in [-0.2, -0.15) is 0 Å². The zero-order chi connectivity index (χ0) is 19.9. The summed E-state index contributed by atoms with van der Waals surface area (Å²) < 4.78 is 16.8. The molecule has 0 amide bonds. The molecule has 0 saturated carbocycles. The number of aliphatic hydroxyl groups excluding tert-OH is 1. The van der Waals surface area contributed by atoms with E-state index in [0.717, 1.165) is 49.5 Å². The quantitative estimate of drug-likeness (QED) is 0.718. The number of ether oxygens (including phenoxy) is 3. The molecule has 1 aliphatic heterocycles. The van der Waals surface area contributed by atoms with Crippen molar-refractivity contribution < 1.29 is 19.3 Å². The van der Waals surface area contributed by atoms with Crippen LogP contribution in [0.4, 0.5) is 0 Å². The fourth-order valence-corrected chi connectivity index (χ4v) is 3.83. The highest BCUT2D eigenvalue weighted by Gasteiger charge is 2.27. The van der Waals surface area contributed by atoms with Crippen molar-refractivity contribution in [1.29, 1.82) is 0 Å². The SMILES string of the molecule is COc1cc(CCc2ccccc2OCCC2CC(O)CN2C)cc(OC)c1. The summed E-state index contributed by atoms with van der Waals surface area (Å²) >= 11 is 0. The maximum Gasteiger partial charge on any atom is 0.122 e. The Morgan fingerprint density at radius 2 is 1.75 bits per heavy atom. The van der Waals surface area contributed by atoms with E-state index in [4.69, 9.17) is 14.2 Å².